The second-order valence-electron chi connectivity index (χ2n) is 5.30. The number of benzene rings is 1. The molecule has 1 saturated carbocycles. The maximum absolute atomic E-state index is 12.0. The van der Waals surface area contributed by atoms with Gasteiger partial charge in [-0.1, -0.05) is 19.3 Å². The molecular formula is C14H18N3O2-. The lowest BCUT2D eigenvalue weighted by atomic mass is 9.95. The van der Waals surface area contributed by atoms with E-state index in [0.29, 0.717) is 17.1 Å². The molecule has 0 aliphatic heterocycles. The Morgan fingerprint density at radius 2 is 2.05 bits per heavy atom. The van der Waals surface area contributed by atoms with Gasteiger partial charge in [0, 0.05) is 5.69 Å². The number of hydrogen-bond donors (Lipinski definition) is 1. The highest BCUT2D eigenvalue weighted by molar-refractivity contribution is 5.82. The Labute approximate surface area is 111 Å². The van der Waals surface area contributed by atoms with Crippen LogP contribution in [0.4, 0.5) is 5.69 Å². The number of hydrogen-bond acceptors (Lipinski definition) is 3. The summed E-state index contributed by atoms with van der Waals surface area (Å²) in [6.07, 6.45) is 5.94. The van der Waals surface area contributed by atoms with E-state index in [1.54, 1.807) is 12.1 Å². The predicted octanol–water partition coefficient (Wildman–Crippen LogP) is 2.77. The molecule has 1 heterocycles. The predicted molar refractivity (Wildman–Crippen MR) is 76.5 cm³/mol. The summed E-state index contributed by atoms with van der Waals surface area (Å²) in [4.78, 5) is 12.0. The first-order chi connectivity index (χ1) is 9.16. The van der Waals surface area contributed by atoms with Gasteiger partial charge in [-0.15, -0.1) is 0 Å². The molecule has 1 aromatic heterocycles. The van der Waals surface area contributed by atoms with Crippen LogP contribution in [0.3, 0.4) is 0 Å². The second-order valence-corrected chi connectivity index (χ2v) is 5.30. The fourth-order valence-electron chi connectivity index (χ4n) is 2.97. The van der Waals surface area contributed by atoms with E-state index in [-0.39, 0.29) is 5.56 Å². The quantitative estimate of drug-likeness (QED) is 0.844. The lowest BCUT2D eigenvalue weighted by Gasteiger charge is -2.25. The molecule has 5 nitrogen and oxygen atoms in total. The van der Waals surface area contributed by atoms with Crippen molar-refractivity contribution in [1.82, 2.24) is 9.78 Å². The normalized spacial score (nSPS) is 16.9. The van der Waals surface area contributed by atoms with Crippen molar-refractivity contribution in [1.29, 1.82) is 0 Å². The van der Waals surface area contributed by atoms with Crippen LogP contribution in [0.25, 0.3) is 10.9 Å². The molecule has 3 rings (SSSR count). The smallest absolute Gasteiger partial charge is 0.272 e. The minimum Gasteiger partial charge on any atom is -0.758 e. The summed E-state index contributed by atoms with van der Waals surface area (Å²) >= 11 is 0. The SMILES string of the molecule is CN([O-])c1ccc2c(c1)c(=O)[nH]n2C1CCCCC1. The fraction of sp³-hybridized carbons (Fsp3) is 0.500. The lowest BCUT2D eigenvalue weighted by molar-refractivity contribution is 0.336. The van der Waals surface area contributed by atoms with Crippen molar-refractivity contribution in [2.24, 2.45) is 0 Å². The molecule has 1 aliphatic carbocycles. The van der Waals surface area contributed by atoms with Crippen LogP contribution in [0.5, 0.6) is 0 Å². The van der Waals surface area contributed by atoms with Crippen LogP contribution in [0.15, 0.2) is 23.0 Å². The van der Waals surface area contributed by atoms with E-state index in [2.05, 4.69) is 5.10 Å². The Morgan fingerprint density at radius 3 is 2.74 bits per heavy atom. The van der Waals surface area contributed by atoms with Crippen molar-refractivity contribution in [3.63, 3.8) is 0 Å². The fourth-order valence-corrected chi connectivity index (χ4v) is 2.97. The Hall–Kier alpha value is -1.75. The first kappa shape index (κ1) is 12.3. The molecule has 0 spiro atoms. The number of fused-ring (bicyclic) bond motifs is 1. The Bertz CT molecular complexity index is 636. The Balaban J connectivity index is 2.09. The number of rotatable bonds is 2. The number of aromatic amines is 1. The minimum atomic E-state index is -0.107. The Morgan fingerprint density at radius 1 is 1.32 bits per heavy atom. The zero-order chi connectivity index (χ0) is 13.4. The summed E-state index contributed by atoms with van der Waals surface area (Å²) in [7, 11) is 1.44. The molecule has 1 aromatic carbocycles. The van der Waals surface area contributed by atoms with Gasteiger partial charge in [0.2, 0.25) is 0 Å². The summed E-state index contributed by atoms with van der Waals surface area (Å²) in [6.45, 7) is 0. The Kier molecular flexibility index (Phi) is 3.06. The number of H-pyrrole nitrogens is 1. The van der Waals surface area contributed by atoms with Crippen molar-refractivity contribution in [2.45, 2.75) is 38.1 Å². The van der Waals surface area contributed by atoms with Gasteiger partial charge in [-0.3, -0.25) is 14.6 Å². The first-order valence-corrected chi connectivity index (χ1v) is 6.82. The van der Waals surface area contributed by atoms with E-state index in [1.807, 2.05) is 10.7 Å². The molecule has 0 bridgehead atoms. The van der Waals surface area contributed by atoms with Gasteiger partial charge in [-0.25, -0.2) is 0 Å². The van der Waals surface area contributed by atoms with Gasteiger partial charge < -0.3 is 10.3 Å². The van der Waals surface area contributed by atoms with E-state index in [0.717, 1.165) is 23.4 Å². The monoisotopic (exact) mass is 260 g/mol. The average molecular weight is 260 g/mol. The van der Waals surface area contributed by atoms with Crippen LogP contribution in [-0.2, 0) is 0 Å². The first-order valence-electron chi connectivity index (χ1n) is 6.82. The minimum absolute atomic E-state index is 0.107. The standard InChI is InChI=1S/C14H18N3O2/c1-16(19)11-7-8-13-12(9-11)14(18)15-17(13)10-5-3-2-4-6-10/h7-10H,2-6H2,1H3,(H,15,18)/q-1. The molecule has 0 saturated heterocycles. The number of aromatic nitrogens is 2. The molecule has 1 aliphatic rings. The van der Waals surface area contributed by atoms with Gasteiger partial charge in [0.05, 0.1) is 16.9 Å². The summed E-state index contributed by atoms with van der Waals surface area (Å²) < 4.78 is 1.99. The van der Waals surface area contributed by atoms with Crippen molar-refractivity contribution >= 4 is 16.6 Å². The molecule has 0 amide bonds. The van der Waals surface area contributed by atoms with Crippen LogP contribution >= 0.6 is 0 Å². The highest BCUT2D eigenvalue weighted by Gasteiger charge is 2.18. The number of hydroxylamine groups is 1. The van der Waals surface area contributed by atoms with E-state index >= 15 is 0 Å². The zero-order valence-electron chi connectivity index (χ0n) is 11.1. The maximum atomic E-state index is 12.0. The molecule has 102 valence electrons. The molecule has 1 fully saturated rings. The highest BCUT2D eigenvalue weighted by atomic mass is 16.5. The van der Waals surface area contributed by atoms with Crippen LogP contribution in [0, 0.1) is 5.21 Å². The van der Waals surface area contributed by atoms with E-state index in [9.17, 15) is 10.0 Å². The van der Waals surface area contributed by atoms with Crippen LogP contribution in [0.2, 0.25) is 0 Å². The van der Waals surface area contributed by atoms with Gasteiger partial charge in [0.15, 0.2) is 0 Å². The summed E-state index contributed by atoms with van der Waals surface area (Å²) in [5.41, 5.74) is 1.31. The van der Waals surface area contributed by atoms with E-state index in [1.165, 1.54) is 26.3 Å². The van der Waals surface area contributed by atoms with Gasteiger partial charge >= 0.3 is 0 Å². The number of nitrogens with zero attached hydrogens (tertiary/aromatic N) is 2. The average Bonchev–Trinajstić information content (AvgIpc) is 2.77. The molecule has 0 radical (unpaired) electrons. The number of nitrogens with one attached hydrogen (secondary N) is 1. The maximum Gasteiger partial charge on any atom is 0.272 e. The van der Waals surface area contributed by atoms with Crippen molar-refractivity contribution in [3.8, 4) is 0 Å². The molecule has 0 atom stereocenters. The lowest BCUT2D eigenvalue weighted by Crippen LogP contribution is -2.16. The van der Waals surface area contributed by atoms with Crippen molar-refractivity contribution in [3.05, 3.63) is 33.8 Å². The molecule has 0 unspecified atom stereocenters. The van der Waals surface area contributed by atoms with Gasteiger partial charge in [0.25, 0.3) is 5.56 Å². The van der Waals surface area contributed by atoms with Gasteiger partial charge in [-0.2, -0.15) is 0 Å². The zero-order valence-corrected chi connectivity index (χ0v) is 11.1. The molecule has 1 N–H and O–H groups in total. The summed E-state index contributed by atoms with van der Waals surface area (Å²) in [6, 6.07) is 5.68. The van der Waals surface area contributed by atoms with Crippen molar-refractivity contribution in [2.75, 3.05) is 12.1 Å². The molecule has 2 aromatic rings. The van der Waals surface area contributed by atoms with Gasteiger partial charge in [-0.05, 0) is 38.1 Å². The third-order valence-electron chi connectivity index (χ3n) is 4.01. The molecule has 19 heavy (non-hydrogen) atoms. The van der Waals surface area contributed by atoms with Crippen LogP contribution in [-0.4, -0.2) is 16.8 Å². The van der Waals surface area contributed by atoms with Crippen molar-refractivity contribution < 1.29 is 0 Å². The van der Waals surface area contributed by atoms with E-state index in [4.69, 9.17) is 0 Å². The highest BCUT2D eigenvalue weighted by Crippen LogP contribution is 2.30. The summed E-state index contributed by atoms with van der Waals surface area (Å²) in [5, 5.41) is 15.6. The van der Waals surface area contributed by atoms with Crippen LogP contribution in [0.1, 0.15) is 38.1 Å². The molecule has 5 heteroatoms. The third-order valence-corrected chi connectivity index (χ3v) is 4.01. The van der Waals surface area contributed by atoms with Crippen LogP contribution < -0.4 is 10.6 Å². The number of anilines is 1. The topological polar surface area (TPSA) is 64.1 Å². The third kappa shape index (κ3) is 2.14. The second kappa shape index (κ2) is 4.74. The largest absolute Gasteiger partial charge is 0.758 e. The molecular weight excluding hydrogens is 242 g/mol. The van der Waals surface area contributed by atoms with Gasteiger partial charge in [0.1, 0.15) is 0 Å². The van der Waals surface area contributed by atoms with E-state index < -0.39 is 0 Å². The summed E-state index contributed by atoms with van der Waals surface area (Å²) in [5.74, 6) is 0.